The Kier molecular flexibility index (Phi) is 17.2. The van der Waals surface area contributed by atoms with E-state index in [9.17, 15) is 4.79 Å². The van der Waals surface area contributed by atoms with Crippen molar-refractivity contribution in [3.8, 4) is 0 Å². The normalized spacial score (nSPS) is 11.7. The number of ether oxygens (including phenoxy) is 1. The third-order valence-corrected chi connectivity index (χ3v) is 3.46. The van der Waals surface area contributed by atoms with Gasteiger partial charge in [0.05, 0.1) is 6.61 Å². The van der Waals surface area contributed by atoms with Crippen molar-refractivity contribution >= 4 is 5.97 Å². The van der Waals surface area contributed by atoms with E-state index in [1.807, 2.05) is 0 Å². The summed E-state index contributed by atoms with van der Waals surface area (Å²) in [6, 6.07) is 0. The molecule has 0 aliphatic carbocycles. The maximum atomic E-state index is 10.8. The van der Waals surface area contributed by atoms with E-state index in [0.29, 0.717) is 6.61 Å². The largest absolute Gasteiger partial charge is 0.463 e. The molecule has 0 aromatic carbocycles. The van der Waals surface area contributed by atoms with Gasteiger partial charge >= 0.3 is 5.97 Å². The van der Waals surface area contributed by atoms with Crippen LogP contribution in [0, 0.1) is 0 Å². The summed E-state index contributed by atoms with van der Waals surface area (Å²) in [4.78, 5) is 10.8. The van der Waals surface area contributed by atoms with Crippen LogP contribution in [0.5, 0.6) is 0 Å². The molecule has 0 radical (unpaired) electrons. The Morgan fingerprint density at radius 1 is 0.826 bits per heavy atom. The number of unbranched alkanes of at least 4 members (excludes halogenated alkanes) is 6. The van der Waals surface area contributed by atoms with E-state index in [-0.39, 0.29) is 5.97 Å². The molecule has 0 N–H and O–H groups in total. The van der Waals surface area contributed by atoms with Crippen LogP contribution in [0.4, 0.5) is 0 Å². The van der Waals surface area contributed by atoms with Crippen LogP contribution in [0.2, 0.25) is 0 Å². The fraction of sp³-hybridized carbons (Fsp3) is 0.571. The molecule has 0 saturated heterocycles. The zero-order chi connectivity index (χ0) is 17.0. The molecular weight excluding hydrogens is 284 g/mol. The van der Waals surface area contributed by atoms with Crippen LogP contribution in [0.25, 0.3) is 0 Å². The van der Waals surface area contributed by atoms with Crippen LogP contribution in [-0.2, 0) is 9.53 Å². The van der Waals surface area contributed by atoms with Crippen LogP contribution in [0.3, 0.4) is 0 Å². The molecule has 2 nitrogen and oxygen atoms in total. The van der Waals surface area contributed by atoms with Gasteiger partial charge in [-0.15, -0.1) is 0 Å². The lowest BCUT2D eigenvalue weighted by atomic mass is 10.1. The molecule has 0 amide bonds. The topological polar surface area (TPSA) is 26.3 Å². The minimum atomic E-state index is -0.316. The first kappa shape index (κ1) is 21.4. The Hall–Kier alpha value is -1.57. The molecule has 2 heteroatoms. The summed E-state index contributed by atoms with van der Waals surface area (Å²) >= 11 is 0. The Balaban J connectivity index is 3.23. The number of carbonyl (C=O) groups excluding carboxylic acids is 1. The van der Waals surface area contributed by atoms with E-state index in [1.165, 1.54) is 38.2 Å². The zero-order valence-corrected chi connectivity index (χ0v) is 14.8. The maximum Gasteiger partial charge on any atom is 0.330 e. The van der Waals surface area contributed by atoms with E-state index in [2.05, 4.69) is 50.0 Å². The number of rotatable bonds is 15. The molecule has 0 atom stereocenters. The lowest BCUT2D eigenvalue weighted by Gasteiger charge is -2.02. The molecule has 130 valence electrons. The number of carbonyl (C=O) groups is 1. The van der Waals surface area contributed by atoms with Gasteiger partial charge in [0.2, 0.25) is 0 Å². The molecule has 0 unspecified atom stereocenters. The molecule has 0 aromatic rings. The predicted octanol–water partition coefficient (Wildman–Crippen LogP) is 6.31. The molecular formula is C21H34O2. The summed E-state index contributed by atoms with van der Waals surface area (Å²) < 4.78 is 4.93. The standard InChI is InChI=1S/C21H34O2/c1-3-5-6-7-8-9-10-11-12-13-14-15-16-17-18-19-20-23-21(22)4-2/h4-6,8-9,11-12H,2-3,7,10,13-20H2,1H3. The van der Waals surface area contributed by atoms with Gasteiger partial charge in [-0.2, -0.15) is 0 Å². The van der Waals surface area contributed by atoms with Crippen molar-refractivity contribution in [1.29, 1.82) is 0 Å². The van der Waals surface area contributed by atoms with E-state index >= 15 is 0 Å². The second kappa shape index (κ2) is 18.5. The molecule has 0 heterocycles. The Morgan fingerprint density at radius 2 is 1.39 bits per heavy atom. The second-order valence-electron chi connectivity index (χ2n) is 5.58. The van der Waals surface area contributed by atoms with Crippen molar-refractivity contribution in [1.82, 2.24) is 0 Å². The third-order valence-electron chi connectivity index (χ3n) is 3.46. The zero-order valence-electron chi connectivity index (χ0n) is 14.8. The highest BCUT2D eigenvalue weighted by Crippen LogP contribution is 2.08. The summed E-state index contributed by atoms with van der Waals surface area (Å²) in [5.41, 5.74) is 0. The predicted molar refractivity (Wildman–Crippen MR) is 100 cm³/mol. The van der Waals surface area contributed by atoms with Gasteiger partial charge in [-0.05, 0) is 38.5 Å². The molecule has 0 aliphatic rings. The number of allylic oxidation sites excluding steroid dienone is 6. The minimum Gasteiger partial charge on any atom is -0.463 e. The first-order valence-electron chi connectivity index (χ1n) is 9.05. The summed E-state index contributed by atoms with van der Waals surface area (Å²) in [6.45, 7) is 6.05. The van der Waals surface area contributed by atoms with Gasteiger partial charge in [-0.3, -0.25) is 0 Å². The number of hydrogen-bond donors (Lipinski definition) is 0. The van der Waals surface area contributed by atoms with Gasteiger partial charge in [0.1, 0.15) is 0 Å². The van der Waals surface area contributed by atoms with Gasteiger partial charge in [0, 0.05) is 6.08 Å². The molecule has 0 fully saturated rings. The van der Waals surface area contributed by atoms with Crippen molar-refractivity contribution < 1.29 is 9.53 Å². The highest BCUT2D eigenvalue weighted by molar-refractivity contribution is 5.81. The minimum absolute atomic E-state index is 0.316. The SMILES string of the molecule is C=CC(=O)OCCCCCCCCC=CCC=CCC=CCC. The fourth-order valence-electron chi connectivity index (χ4n) is 2.13. The first-order valence-corrected chi connectivity index (χ1v) is 9.05. The van der Waals surface area contributed by atoms with E-state index in [4.69, 9.17) is 4.74 Å². The van der Waals surface area contributed by atoms with Crippen molar-refractivity contribution in [2.45, 2.75) is 71.1 Å². The summed E-state index contributed by atoms with van der Waals surface area (Å²) in [7, 11) is 0. The highest BCUT2D eigenvalue weighted by atomic mass is 16.5. The summed E-state index contributed by atoms with van der Waals surface area (Å²) in [5.74, 6) is -0.316. The van der Waals surface area contributed by atoms with Crippen molar-refractivity contribution in [3.63, 3.8) is 0 Å². The summed E-state index contributed by atoms with van der Waals surface area (Å²) in [5, 5.41) is 0. The van der Waals surface area contributed by atoms with Crippen molar-refractivity contribution in [2.24, 2.45) is 0 Å². The fourth-order valence-corrected chi connectivity index (χ4v) is 2.13. The molecule has 0 bridgehead atoms. The van der Waals surface area contributed by atoms with E-state index in [0.717, 1.165) is 32.1 Å². The van der Waals surface area contributed by atoms with Gasteiger partial charge in [0.25, 0.3) is 0 Å². The van der Waals surface area contributed by atoms with Crippen LogP contribution < -0.4 is 0 Å². The van der Waals surface area contributed by atoms with Crippen LogP contribution >= 0.6 is 0 Å². The molecule has 0 aromatic heterocycles. The van der Waals surface area contributed by atoms with Gasteiger partial charge < -0.3 is 4.74 Å². The van der Waals surface area contributed by atoms with Gasteiger partial charge in [-0.1, -0.05) is 75.6 Å². The van der Waals surface area contributed by atoms with Crippen LogP contribution in [0.15, 0.2) is 49.1 Å². The molecule has 0 aliphatic heterocycles. The highest BCUT2D eigenvalue weighted by Gasteiger charge is 1.95. The third kappa shape index (κ3) is 18.4. The molecule has 0 saturated carbocycles. The second-order valence-corrected chi connectivity index (χ2v) is 5.58. The van der Waals surface area contributed by atoms with E-state index in [1.54, 1.807) is 0 Å². The quantitative estimate of drug-likeness (QED) is 0.153. The van der Waals surface area contributed by atoms with Gasteiger partial charge in [-0.25, -0.2) is 4.79 Å². The van der Waals surface area contributed by atoms with Crippen LogP contribution in [-0.4, -0.2) is 12.6 Å². The summed E-state index contributed by atoms with van der Waals surface area (Å²) in [6.07, 6.45) is 26.2. The molecule has 0 spiro atoms. The lowest BCUT2D eigenvalue weighted by Crippen LogP contribution is -2.01. The molecule has 23 heavy (non-hydrogen) atoms. The Labute approximate surface area is 143 Å². The Morgan fingerprint density at radius 3 is 2.04 bits per heavy atom. The average molecular weight is 319 g/mol. The van der Waals surface area contributed by atoms with Gasteiger partial charge in [0.15, 0.2) is 0 Å². The maximum absolute atomic E-state index is 10.8. The average Bonchev–Trinajstić information content (AvgIpc) is 2.57. The number of esters is 1. The van der Waals surface area contributed by atoms with E-state index < -0.39 is 0 Å². The van der Waals surface area contributed by atoms with Crippen molar-refractivity contribution in [2.75, 3.05) is 6.61 Å². The molecule has 0 rings (SSSR count). The lowest BCUT2D eigenvalue weighted by molar-refractivity contribution is -0.137. The monoisotopic (exact) mass is 318 g/mol. The Bertz CT molecular complexity index is 364. The van der Waals surface area contributed by atoms with Crippen molar-refractivity contribution in [3.05, 3.63) is 49.1 Å². The smallest absolute Gasteiger partial charge is 0.330 e. The first-order chi connectivity index (χ1) is 11.3. The number of hydrogen-bond acceptors (Lipinski definition) is 2. The van der Waals surface area contributed by atoms with Crippen LogP contribution in [0.1, 0.15) is 71.1 Å².